The first kappa shape index (κ1) is 45.9. The number of nitrogens with zero attached hydrogens (tertiary/aromatic N) is 1. The summed E-state index contributed by atoms with van der Waals surface area (Å²) in [4.78, 5) is 56.9. The highest BCUT2D eigenvalue weighted by Gasteiger charge is 2.35. The quantitative estimate of drug-likeness (QED) is 0.166. The second kappa shape index (κ2) is 26.1. The molecule has 0 aromatic heterocycles. The van der Waals surface area contributed by atoms with Crippen molar-refractivity contribution in [3.8, 4) is 0 Å². The number of carbonyl (C=O) groups excluding carboxylic acids is 4. The van der Waals surface area contributed by atoms with Gasteiger partial charge in [-0.1, -0.05) is 85.0 Å². The maximum Gasteiger partial charge on any atom is 0.254 e. The van der Waals surface area contributed by atoms with Crippen molar-refractivity contribution in [2.75, 3.05) is 99.0 Å². The topological polar surface area (TPSA) is 178 Å². The molecule has 4 amide bonds. The van der Waals surface area contributed by atoms with Gasteiger partial charge in [0.2, 0.25) is 17.7 Å². The Kier molecular flexibility index (Phi) is 20.0. The van der Waals surface area contributed by atoms with Crippen molar-refractivity contribution < 1.29 is 42.9 Å². The molecule has 3 unspecified atom stereocenters. The summed E-state index contributed by atoms with van der Waals surface area (Å²) in [5.74, 6) is -2.32. The van der Waals surface area contributed by atoms with E-state index in [2.05, 4.69) is 31.5 Å². The van der Waals surface area contributed by atoms with Crippen LogP contribution in [0, 0.1) is 11.8 Å². The molecule has 0 spiro atoms. The molecular formula is C45H60N6O9. The Balaban J connectivity index is 1.30. The second-order valence-corrected chi connectivity index (χ2v) is 14.4. The Morgan fingerprint density at radius 1 is 0.683 bits per heavy atom. The highest BCUT2D eigenvalue weighted by Crippen LogP contribution is 2.29. The third kappa shape index (κ3) is 15.1. The first-order valence-electron chi connectivity index (χ1n) is 20.7. The van der Waals surface area contributed by atoms with Gasteiger partial charge in [-0.15, -0.1) is 0 Å². The van der Waals surface area contributed by atoms with E-state index in [0.29, 0.717) is 109 Å². The van der Waals surface area contributed by atoms with Crippen LogP contribution in [0.15, 0.2) is 108 Å². The van der Waals surface area contributed by atoms with Crippen LogP contribution >= 0.6 is 0 Å². The van der Waals surface area contributed by atoms with Gasteiger partial charge in [0.05, 0.1) is 57.1 Å². The van der Waals surface area contributed by atoms with Gasteiger partial charge in [0.25, 0.3) is 5.91 Å². The number of rotatable bonds is 15. The number of carbonyl (C=O) groups is 4. The molecular weight excluding hydrogens is 769 g/mol. The lowest BCUT2D eigenvalue weighted by atomic mass is 9.89. The van der Waals surface area contributed by atoms with Gasteiger partial charge in [-0.2, -0.15) is 0 Å². The predicted molar refractivity (Wildman–Crippen MR) is 226 cm³/mol. The lowest BCUT2D eigenvalue weighted by Gasteiger charge is -2.29. The summed E-state index contributed by atoms with van der Waals surface area (Å²) in [5.41, 5.74) is 2.48. The zero-order valence-corrected chi connectivity index (χ0v) is 34.5. The highest BCUT2D eigenvalue weighted by molar-refractivity contribution is 5.99. The lowest BCUT2D eigenvalue weighted by molar-refractivity contribution is -0.129. The van der Waals surface area contributed by atoms with E-state index in [1.165, 1.54) is 0 Å². The number of hydrogen-bond acceptors (Lipinski definition) is 11. The van der Waals surface area contributed by atoms with Crippen molar-refractivity contribution in [3.63, 3.8) is 0 Å². The third-order valence-electron chi connectivity index (χ3n) is 10.1. The molecule has 2 aromatic rings. The number of fused-ring (bicyclic) bond motifs is 3. The molecule has 3 atom stereocenters. The van der Waals surface area contributed by atoms with Crippen LogP contribution in [0.5, 0.6) is 0 Å². The van der Waals surface area contributed by atoms with Crippen molar-refractivity contribution in [1.82, 2.24) is 31.5 Å². The van der Waals surface area contributed by atoms with Crippen molar-refractivity contribution in [2.45, 2.75) is 25.7 Å². The number of hydrogen-bond donors (Lipinski definition) is 5. The van der Waals surface area contributed by atoms with E-state index < -0.39 is 17.9 Å². The van der Waals surface area contributed by atoms with Crippen LogP contribution in [0.1, 0.15) is 17.5 Å². The number of amides is 4. The van der Waals surface area contributed by atoms with Gasteiger partial charge < -0.3 is 50.3 Å². The van der Waals surface area contributed by atoms with Gasteiger partial charge in [-0.05, 0) is 23.6 Å². The summed E-state index contributed by atoms with van der Waals surface area (Å²) in [6.07, 6.45) is 8.27. The minimum Gasteiger partial charge on any atom is -0.492 e. The molecule has 0 radical (unpaired) electrons. The van der Waals surface area contributed by atoms with E-state index in [1.54, 1.807) is 31.4 Å². The van der Waals surface area contributed by atoms with Gasteiger partial charge >= 0.3 is 0 Å². The fourth-order valence-electron chi connectivity index (χ4n) is 6.84. The van der Waals surface area contributed by atoms with Crippen molar-refractivity contribution in [3.05, 3.63) is 119 Å². The molecule has 15 heteroatoms. The largest absolute Gasteiger partial charge is 0.492 e. The molecule has 324 valence electrons. The Bertz CT molecular complexity index is 1790. The number of methoxy groups -OCH3 is 1. The lowest BCUT2D eigenvalue weighted by Crippen LogP contribution is -2.46. The van der Waals surface area contributed by atoms with E-state index in [-0.39, 0.29) is 43.4 Å². The smallest absolute Gasteiger partial charge is 0.254 e. The second-order valence-electron chi connectivity index (χ2n) is 14.4. The molecule has 15 nitrogen and oxygen atoms in total. The minimum atomic E-state index is -0.820. The summed E-state index contributed by atoms with van der Waals surface area (Å²) >= 11 is 0. The summed E-state index contributed by atoms with van der Waals surface area (Å²) < 4.78 is 29.0. The van der Waals surface area contributed by atoms with E-state index in [1.807, 2.05) is 66.7 Å². The van der Waals surface area contributed by atoms with E-state index in [4.69, 9.17) is 23.7 Å². The first-order chi connectivity index (χ1) is 29.4. The standard InChI is InChI=1S/C45H60N6O9/c1-56-28-29-58-31-30-57-27-26-51-24-22-49-44(54)38-16-8-14-36(40(38)59-32-34-10-4-2-5-11-34)42(52)47-20-18-46-19-21-48-43(53)37-15-9-17-39(45(55)50-23-25-51)41(37)60-33-35-12-6-3-7-13-35/h2-14,16-17,37-38,40,46H,15,18-33H2,1H3,(H,47,52)(H,48,53)(H,49,54)(H,50,55). The highest BCUT2D eigenvalue weighted by atomic mass is 16.5. The van der Waals surface area contributed by atoms with E-state index in [9.17, 15) is 19.2 Å². The molecule has 0 saturated heterocycles. The van der Waals surface area contributed by atoms with Crippen LogP contribution in [0.3, 0.4) is 0 Å². The molecule has 60 heavy (non-hydrogen) atoms. The summed E-state index contributed by atoms with van der Waals surface area (Å²) in [6, 6.07) is 19.2. The molecule has 5 rings (SSSR count). The molecule has 1 heterocycles. The third-order valence-corrected chi connectivity index (χ3v) is 10.1. The zero-order valence-electron chi connectivity index (χ0n) is 34.5. The average Bonchev–Trinajstić information content (AvgIpc) is 3.27. The molecule has 3 aliphatic rings. The van der Waals surface area contributed by atoms with Crippen LogP contribution in [0.2, 0.25) is 0 Å². The molecule has 4 bridgehead atoms. The maximum atomic E-state index is 13.8. The number of allylic oxidation sites excluding steroid dienone is 3. The molecule has 0 fully saturated rings. The molecule has 0 saturated carbocycles. The van der Waals surface area contributed by atoms with Crippen LogP contribution in [-0.2, 0) is 56.1 Å². The minimum absolute atomic E-state index is 0.197. The van der Waals surface area contributed by atoms with Crippen LogP contribution in [0.4, 0.5) is 0 Å². The van der Waals surface area contributed by atoms with E-state index >= 15 is 0 Å². The monoisotopic (exact) mass is 828 g/mol. The Hall–Kier alpha value is -5.16. The summed E-state index contributed by atoms with van der Waals surface area (Å²) in [7, 11) is 1.62. The number of nitrogens with one attached hydrogen (secondary N) is 5. The molecule has 2 aliphatic carbocycles. The van der Waals surface area contributed by atoms with Crippen molar-refractivity contribution in [2.24, 2.45) is 11.8 Å². The molecule has 1 aliphatic heterocycles. The van der Waals surface area contributed by atoms with Crippen LogP contribution < -0.4 is 26.6 Å². The average molecular weight is 829 g/mol. The zero-order chi connectivity index (χ0) is 42.2. The normalized spacial score (nSPS) is 21.6. The van der Waals surface area contributed by atoms with Crippen molar-refractivity contribution >= 4 is 23.6 Å². The number of ether oxygens (including phenoxy) is 5. The fraction of sp³-hybridized carbons (Fsp3) is 0.467. The number of benzene rings is 2. The van der Waals surface area contributed by atoms with Gasteiger partial charge in [0.1, 0.15) is 18.5 Å². The van der Waals surface area contributed by atoms with Gasteiger partial charge in [0, 0.05) is 71.6 Å². The van der Waals surface area contributed by atoms with Gasteiger partial charge in [-0.3, -0.25) is 24.1 Å². The van der Waals surface area contributed by atoms with Crippen LogP contribution in [-0.4, -0.2) is 134 Å². The van der Waals surface area contributed by atoms with Gasteiger partial charge in [0.15, 0.2) is 0 Å². The van der Waals surface area contributed by atoms with Crippen molar-refractivity contribution in [1.29, 1.82) is 0 Å². The molecule has 5 N–H and O–H groups in total. The Morgan fingerprint density at radius 2 is 1.32 bits per heavy atom. The summed E-state index contributed by atoms with van der Waals surface area (Å²) in [6.45, 7) is 6.15. The predicted octanol–water partition coefficient (Wildman–Crippen LogP) is 1.78. The Labute approximate surface area is 352 Å². The van der Waals surface area contributed by atoms with Gasteiger partial charge in [-0.25, -0.2) is 0 Å². The van der Waals surface area contributed by atoms with E-state index in [0.717, 1.165) is 11.1 Å². The van der Waals surface area contributed by atoms with Crippen LogP contribution in [0.25, 0.3) is 0 Å². The summed E-state index contributed by atoms with van der Waals surface area (Å²) in [5, 5.41) is 15.3. The SMILES string of the molecule is COCCOCCOCCN1CCNC(=O)C2=C(OCc3ccccc3)C(CC=C2)C(=O)NCCNCCNC(=O)C2=CC=CC(C(=O)NCC1)C2OCc1ccccc1. The Morgan fingerprint density at radius 3 is 2.05 bits per heavy atom. The fourth-order valence-corrected chi connectivity index (χ4v) is 6.84. The maximum absolute atomic E-state index is 13.8. The first-order valence-corrected chi connectivity index (χ1v) is 20.7. The molecule has 2 aromatic carbocycles.